The van der Waals surface area contributed by atoms with Gasteiger partial charge in [0, 0.05) is 23.4 Å². The molecule has 3 rings (SSSR count). The predicted octanol–water partition coefficient (Wildman–Crippen LogP) is 3.41. The van der Waals surface area contributed by atoms with E-state index in [1.54, 1.807) is 0 Å². The lowest BCUT2D eigenvalue weighted by Gasteiger charge is -2.23. The van der Waals surface area contributed by atoms with E-state index in [4.69, 9.17) is 4.98 Å². The van der Waals surface area contributed by atoms with Crippen LogP contribution in [0.3, 0.4) is 0 Å². The van der Waals surface area contributed by atoms with Crippen LogP contribution in [0.1, 0.15) is 39.1 Å². The lowest BCUT2D eigenvalue weighted by atomic mass is 9.95. The summed E-state index contributed by atoms with van der Waals surface area (Å²) >= 11 is 2.03. The molecule has 0 radical (unpaired) electrons. The van der Waals surface area contributed by atoms with Crippen LogP contribution in [0.2, 0.25) is 0 Å². The van der Waals surface area contributed by atoms with Crippen LogP contribution in [0.5, 0.6) is 0 Å². The molecule has 18 heavy (non-hydrogen) atoms. The Balaban J connectivity index is 2.24. The number of hydrogen-bond donors (Lipinski definition) is 0. The summed E-state index contributed by atoms with van der Waals surface area (Å²) in [7, 11) is 0. The molecule has 0 spiro atoms. The van der Waals surface area contributed by atoms with Crippen LogP contribution in [-0.2, 0) is 5.41 Å². The van der Waals surface area contributed by atoms with Crippen LogP contribution in [0, 0.1) is 0 Å². The number of thioether (sulfide) groups is 1. The van der Waals surface area contributed by atoms with Crippen molar-refractivity contribution in [3.63, 3.8) is 0 Å². The van der Waals surface area contributed by atoms with E-state index in [0.29, 0.717) is 6.04 Å². The Morgan fingerprint density at radius 1 is 1.39 bits per heavy atom. The third-order valence-corrected chi connectivity index (χ3v) is 4.54. The first-order valence-electron chi connectivity index (χ1n) is 6.48. The summed E-state index contributed by atoms with van der Waals surface area (Å²) in [5.41, 5.74) is 2.14. The van der Waals surface area contributed by atoms with E-state index < -0.39 is 0 Å². The molecule has 0 N–H and O–H groups in total. The third kappa shape index (κ3) is 1.92. The molecule has 0 amide bonds. The minimum Gasteiger partial charge on any atom is -0.308 e. The van der Waals surface area contributed by atoms with Crippen molar-refractivity contribution < 1.29 is 0 Å². The quantitative estimate of drug-likeness (QED) is 0.788. The van der Waals surface area contributed by atoms with Crippen LogP contribution in [0.4, 0.5) is 0 Å². The highest BCUT2D eigenvalue weighted by Gasteiger charge is 2.29. The van der Waals surface area contributed by atoms with Crippen molar-refractivity contribution in [1.82, 2.24) is 14.5 Å². The van der Waals surface area contributed by atoms with Gasteiger partial charge in [0.25, 0.3) is 0 Å². The van der Waals surface area contributed by atoms with Gasteiger partial charge in [0.2, 0.25) is 0 Å². The number of nitrogens with zero attached hydrogens (tertiary/aromatic N) is 3. The van der Waals surface area contributed by atoms with E-state index in [9.17, 15) is 0 Å². The van der Waals surface area contributed by atoms with Crippen molar-refractivity contribution in [2.24, 2.45) is 0 Å². The van der Waals surface area contributed by atoms with E-state index in [1.807, 2.05) is 24.0 Å². The van der Waals surface area contributed by atoms with E-state index in [1.165, 1.54) is 23.8 Å². The summed E-state index contributed by atoms with van der Waals surface area (Å²) < 4.78 is 2.38. The van der Waals surface area contributed by atoms with Gasteiger partial charge in [0.05, 0.1) is 0 Å². The minimum absolute atomic E-state index is 0.0634. The molecule has 1 fully saturated rings. The summed E-state index contributed by atoms with van der Waals surface area (Å²) in [6.45, 7) is 6.69. The van der Waals surface area contributed by atoms with Gasteiger partial charge in [-0.15, -0.1) is 0 Å². The van der Waals surface area contributed by atoms with Gasteiger partial charge in [-0.1, -0.05) is 20.8 Å². The smallest absolute Gasteiger partial charge is 0.160 e. The Morgan fingerprint density at radius 2 is 2.22 bits per heavy atom. The number of aromatic nitrogens is 3. The molecule has 2 aromatic heterocycles. The fraction of sp³-hybridized carbons (Fsp3) is 0.571. The second-order valence-electron chi connectivity index (χ2n) is 5.92. The van der Waals surface area contributed by atoms with Gasteiger partial charge >= 0.3 is 0 Å². The highest BCUT2D eigenvalue weighted by atomic mass is 32.2. The molecule has 0 saturated carbocycles. The highest BCUT2D eigenvalue weighted by molar-refractivity contribution is 7.99. The topological polar surface area (TPSA) is 30.7 Å². The number of imidazole rings is 1. The molecule has 2 aromatic rings. The first-order valence-corrected chi connectivity index (χ1v) is 7.64. The van der Waals surface area contributed by atoms with Gasteiger partial charge in [-0.25, -0.2) is 9.97 Å². The molecule has 1 aliphatic rings. The molecule has 1 saturated heterocycles. The monoisotopic (exact) mass is 261 g/mol. The Hall–Kier alpha value is -1.03. The Bertz CT molecular complexity index is 562. The zero-order chi connectivity index (χ0) is 12.8. The summed E-state index contributed by atoms with van der Waals surface area (Å²) in [5.74, 6) is 3.61. The Kier molecular flexibility index (Phi) is 2.85. The molecule has 1 unspecified atom stereocenters. The lowest BCUT2D eigenvalue weighted by Crippen LogP contribution is -2.22. The van der Waals surface area contributed by atoms with Crippen molar-refractivity contribution in [2.75, 3.05) is 11.5 Å². The number of fused-ring (bicyclic) bond motifs is 1. The first-order chi connectivity index (χ1) is 8.57. The first kappa shape index (κ1) is 12.0. The van der Waals surface area contributed by atoms with Gasteiger partial charge in [-0.3, -0.25) is 0 Å². The summed E-state index contributed by atoms with van der Waals surface area (Å²) in [6.07, 6.45) is 3.10. The maximum Gasteiger partial charge on any atom is 0.160 e. The van der Waals surface area contributed by atoms with Gasteiger partial charge in [-0.2, -0.15) is 11.8 Å². The summed E-state index contributed by atoms with van der Waals surface area (Å²) in [6, 6.07) is 4.59. The summed E-state index contributed by atoms with van der Waals surface area (Å²) in [4.78, 5) is 9.37. The van der Waals surface area contributed by atoms with Gasteiger partial charge in [0.1, 0.15) is 11.3 Å². The van der Waals surface area contributed by atoms with E-state index in [2.05, 4.69) is 36.4 Å². The summed E-state index contributed by atoms with van der Waals surface area (Å²) in [5, 5.41) is 0. The van der Waals surface area contributed by atoms with E-state index in [0.717, 1.165) is 11.2 Å². The van der Waals surface area contributed by atoms with Crippen LogP contribution >= 0.6 is 11.8 Å². The molecular formula is C14H19N3S. The average molecular weight is 261 g/mol. The Morgan fingerprint density at radius 3 is 2.89 bits per heavy atom. The van der Waals surface area contributed by atoms with Crippen molar-refractivity contribution in [1.29, 1.82) is 0 Å². The van der Waals surface area contributed by atoms with Crippen LogP contribution in [-0.4, -0.2) is 26.0 Å². The van der Waals surface area contributed by atoms with Crippen molar-refractivity contribution >= 4 is 22.9 Å². The predicted molar refractivity (Wildman–Crippen MR) is 77.2 cm³/mol. The Labute approximate surface area is 112 Å². The molecule has 3 nitrogen and oxygen atoms in total. The molecule has 0 aromatic carbocycles. The number of pyridine rings is 1. The van der Waals surface area contributed by atoms with Crippen molar-refractivity contribution in [3.05, 3.63) is 24.2 Å². The largest absolute Gasteiger partial charge is 0.308 e. The second-order valence-corrected chi connectivity index (χ2v) is 7.07. The lowest BCUT2D eigenvalue weighted by molar-refractivity contribution is 0.463. The van der Waals surface area contributed by atoms with E-state index in [-0.39, 0.29) is 5.41 Å². The molecule has 1 atom stereocenters. The molecule has 0 bridgehead atoms. The van der Waals surface area contributed by atoms with Crippen molar-refractivity contribution in [3.8, 4) is 0 Å². The van der Waals surface area contributed by atoms with Crippen molar-refractivity contribution in [2.45, 2.75) is 38.6 Å². The SMILES string of the molecule is CC(C)(C)c1nc2cccnc2n1C1CCSC1. The maximum atomic E-state index is 4.82. The van der Waals surface area contributed by atoms with Crippen LogP contribution < -0.4 is 0 Å². The zero-order valence-corrected chi connectivity index (χ0v) is 12.0. The van der Waals surface area contributed by atoms with Gasteiger partial charge in [-0.05, 0) is 24.3 Å². The van der Waals surface area contributed by atoms with Crippen LogP contribution in [0.25, 0.3) is 11.2 Å². The third-order valence-electron chi connectivity index (χ3n) is 3.39. The number of rotatable bonds is 1. The van der Waals surface area contributed by atoms with Gasteiger partial charge in [0.15, 0.2) is 5.65 Å². The molecular weight excluding hydrogens is 242 g/mol. The highest BCUT2D eigenvalue weighted by Crippen LogP contribution is 2.35. The maximum absolute atomic E-state index is 4.82. The number of hydrogen-bond acceptors (Lipinski definition) is 3. The molecule has 96 valence electrons. The minimum atomic E-state index is 0.0634. The molecule has 3 heterocycles. The molecule has 1 aliphatic heterocycles. The standard InChI is InChI=1S/C14H19N3S/c1-14(2,3)13-16-11-5-4-7-15-12(11)17(13)10-6-8-18-9-10/h4-5,7,10H,6,8-9H2,1-3H3. The average Bonchev–Trinajstić information content (AvgIpc) is 2.94. The fourth-order valence-electron chi connectivity index (χ4n) is 2.53. The fourth-order valence-corrected chi connectivity index (χ4v) is 3.72. The van der Waals surface area contributed by atoms with Gasteiger partial charge < -0.3 is 4.57 Å². The molecule has 4 heteroatoms. The molecule has 0 aliphatic carbocycles. The normalized spacial score (nSPS) is 20.7. The zero-order valence-electron chi connectivity index (χ0n) is 11.2. The second kappa shape index (κ2) is 4.26. The van der Waals surface area contributed by atoms with E-state index >= 15 is 0 Å². The van der Waals surface area contributed by atoms with Crippen LogP contribution in [0.15, 0.2) is 18.3 Å².